The van der Waals surface area contributed by atoms with Crippen LogP contribution in [0.25, 0.3) is 0 Å². The fourth-order valence-corrected chi connectivity index (χ4v) is 1.19. The molecular weight excluding hydrogens is 214 g/mol. The fraction of sp³-hybridized carbons (Fsp3) is 0. The van der Waals surface area contributed by atoms with E-state index in [9.17, 15) is 8.78 Å². The lowest BCUT2D eigenvalue weighted by atomic mass is 10.3. The quantitative estimate of drug-likeness (QED) is 0.589. The van der Waals surface area contributed by atoms with E-state index < -0.39 is 11.6 Å². The molecule has 0 radical (unpaired) electrons. The molecule has 1 heterocycles. The summed E-state index contributed by atoms with van der Waals surface area (Å²) in [6.45, 7) is 0. The lowest BCUT2D eigenvalue weighted by Gasteiger charge is -2.00. The minimum Gasteiger partial charge on any atom is -0.368 e. The van der Waals surface area contributed by atoms with E-state index in [0.717, 1.165) is 18.2 Å². The van der Waals surface area contributed by atoms with Gasteiger partial charge in [-0.05, 0) is 18.2 Å². The number of aliphatic imine (C=N–C) groups is 1. The van der Waals surface area contributed by atoms with Crippen molar-refractivity contribution in [2.75, 3.05) is 0 Å². The molecule has 0 aliphatic heterocycles. The predicted molar refractivity (Wildman–Crippen MR) is 55.3 cm³/mol. The van der Waals surface area contributed by atoms with Crippen LogP contribution in [0, 0.1) is 11.6 Å². The molecule has 4 nitrogen and oxygen atoms in total. The molecule has 0 fully saturated rings. The van der Waals surface area contributed by atoms with E-state index >= 15 is 0 Å². The average molecular weight is 222 g/mol. The van der Waals surface area contributed by atoms with Gasteiger partial charge in [-0.3, -0.25) is 0 Å². The molecule has 2 rings (SSSR count). The highest BCUT2D eigenvalue weighted by Gasteiger charge is 2.01. The Labute approximate surface area is 90.0 Å². The maximum atomic E-state index is 12.8. The van der Waals surface area contributed by atoms with Gasteiger partial charge < -0.3 is 5.73 Å². The van der Waals surface area contributed by atoms with Crippen LogP contribution < -0.4 is 5.73 Å². The molecule has 82 valence electrons. The lowest BCUT2D eigenvalue weighted by molar-refractivity contribution is 0.584. The standard InChI is InChI=1S/C10H8F2N4/c11-7-4-8(12)6-9(5-7)15-10(13)16-3-1-2-14-16/h1-6H,(H2,13,15). The Morgan fingerprint density at radius 2 is 1.94 bits per heavy atom. The summed E-state index contributed by atoms with van der Waals surface area (Å²) in [5.74, 6) is -1.37. The van der Waals surface area contributed by atoms with E-state index in [-0.39, 0.29) is 11.6 Å². The Balaban J connectivity index is 2.35. The molecule has 0 aliphatic carbocycles. The largest absolute Gasteiger partial charge is 0.368 e. The van der Waals surface area contributed by atoms with Gasteiger partial charge in [0.2, 0.25) is 5.96 Å². The lowest BCUT2D eigenvalue weighted by Crippen LogP contribution is -2.22. The second-order valence-corrected chi connectivity index (χ2v) is 3.05. The molecule has 0 aliphatic rings. The monoisotopic (exact) mass is 222 g/mol. The minimum atomic E-state index is -0.702. The summed E-state index contributed by atoms with van der Waals surface area (Å²) >= 11 is 0. The first kappa shape index (κ1) is 10.3. The zero-order chi connectivity index (χ0) is 11.5. The van der Waals surface area contributed by atoms with Gasteiger partial charge in [0.25, 0.3) is 0 Å². The molecule has 6 heteroatoms. The maximum absolute atomic E-state index is 12.8. The number of hydrogen-bond donors (Lipinski definition) is 1. The molecule has 0 unspecified atom stereocenters. The first-order valence-corrected chi connectivity index (χ1v) is 4.45. The first-order valence-electron chi connectivity index (χ1n) is 4.45. The van der Waals surface area contributed by atoms with E-state index in [4.69, 9.17) is 5.73 Å². The van der Waals surface area contributed by atoms with E-state index in [2.05, 4.69) is 10.1 Å². The van der Waals surface area contributed by atoms with Crippen molar-refractivity contribution in [2.24, 2.45) is 10.7 Å². The summed E-state index contributed by atoms with van der Waals surface area (Å²) in [7, 11) is 0. The van der Waals surface area contributed by atoms with Gasteiger partial charge in [0, 0.05) is 18.5 Å². The molecule has 0 amide bonds. The van der Waals surface area contributed by atoms with Crippen molar-refractivity contribution in [3.05, 3.63) is 48.3 Å². The summed E-state index contributed by atoms with van der Waals surface area (Å²) in [4.78, 5) is 3.84. The van der Waals surface area contributed by atoms with Crippen LogP contribution in [0.5, 0.6) is 0 Å². The second-order valence-electron chi connectivity index (χ2n) is 3.05. The van der Waals surface area contributed by atoms with E-state index in [1.165, 1.54) is 10.9 Å². The normalized spacial score (nSPS) is 11.8. The van der Waals surface area contributed by atoms with Crippen LogP contribution in [0.1, 0.15) is 0 Å². The number of nitrogens with zero attached hydrogens (tertiary/aromatic N) is 3. The number of rotatable bonds is 1. The van der Waals surface area contributed by atoms with Crippen LogP contribution in [0.3, 0.4) is 0 Å². The Morgan fingerprint density at radius 3 is 2.50 bits per heavy atom. The van der Waals surface area contributed by atoms with Crippen LogP contribution in [0.2, 0.25) is 0 Å². The smallest absolute Gasteiger partial charge is 0.221 e. The molecule has 0 atom stereocenters. The Kier molecular flexibility index (Phi) is 2.63. The Hall–Kier alpha value is -2.24. The Morgan fingerprint density at radius 1 is 1.25 bits per heavy atom. The van der Waals surface area contributed by atoms with E-state index in [1.807, 2.05) is 0 Å². The number of benzene rings is 1. The summed E-state index contributed by atoms with van der Waals surface area (Å²) in [6.07, 6.45) is 3.10. The van der Waals surface area contributed by atoms with Crippen molar-refractivity contribution in [1.29, 1.82) is 0 Å². The molecule has 2 N–H and O–H groups in total. The van der Waals surface area contributed by atoms with Gasteiger partial charge in [-0.25, -0.2) is 18.5 Å². The van der Waals surface area contributed by atoms with E-state index in [0.29, 0.717) is 0 Å². The van der Waals surface area contributed by atoms with Gasteiger partial charge in [0.05, 0.1) is 5.69 Å². The molecule has 2 aromatic rings. The average Bonchev–Trinajstić information content (AvgIpc) is 2.68. The van der Waals surface area contributed by atoms with Gasteiger partial charge in [-0.15, -0.1) is 0 Å². The van der Waals surface area contributed by atoms with E-state index in [1.54, 1.807) is 12.3 Å². The zero-order valence-corrected chi connectivity index (χ0v) is 8.14. The molecule has 1 aromatic heterocycles. The summed E-state index contributed by atoms with van der Waals surface area (Å²) in [5, 5.41) is 3.83. The zero-order valence-electron chi connectivity index (χ0n) is 8.14. The SMILES string of the molecule is NC(=Nc1cc(F)cc(F)c1)n1cccn1. The Bertz CT molecular complexity index is 499. The maximum Gasteiger partial charge on any atom is 0.221 e. The van der Waals surface area contributed by atoms with Crippen LogP contribution in [-0.4, -0.2) is 15.7 Å². The topological polar surface area (TPSA) is 56.2 Å². The molecule has 0 saturated carbocycles. The third-order valence-electron chi connectivity index (χ3n) is 1.83. The van der Waals surface area contributed by atoms with Crippen molar-refractivity contribution < 1.29 is 8.78 Å². The highest BCUT2D eigenvalue weighted by molar-refractivity contribution is 5.82. The molecule has 1 aromatic carbocycles. The predicted octanol–water partition coefficient (Wildman–Crippen LogP) is 1.66. The van der Waals surface area contributed by atoms with Gasteiger partial charge >= 0.3 is 0 Å². The number of nitrogens with two attached hydrogens (primary N) is 1. The van der Waals surface area contributed by atoms with Crippen LogP contribution in [-0.2, 0) is 0 Å². The van der Waals surface area contributed by atoms with Crippen LogP contribution in [0.15, 0.2) is 41.7 Å². The molecule has 0 bridgehead atoms. The summed E-state index contributed by atoms with van der Waals surface area (Å²) < 4.78 is 27.0. The highest BCUT2D eigenvalue weighted by atomic mass is 19.1. The van der Waals surface area contributed by atoms with Gasteiger partial charge in [0.15, 0.2) is 0 Å². The molecule has 0 saturated heterocycles. The van der Waals surface area contributed by atoms with Gasteiger partial charge in [0.1, 0.15) is 11.6 Å². The van der Waals surface area contributed by atoms with Gasteiger partial charge in [-0.2, -0.15) is 5.10 Å². The number of halogens is 2. The van der Waals surface area contributed by atoms with Crippen molar-refractivity contribution in [1.82, 2.24) is 9.78 Å². The van der Waals surface area contributed by atoms with Crippen molar-refractivity contribution in [3.63, 3.8) is 0 Å². The number of hydrogen-bond acceptors (Lipinski definition) is 2. The molecular formula is C10H8F2N4. The summed E-state index contributed by atoms with van der Waals surface area (Å²) in [5.41, 5.74) is 5.68. The third-order valence-corrected chi connectivity index (χ3v) is 1.83. The highest BCUT2D eigenvalue weighted by Crippen LogP contribution is 2.15. The second kappa shape index (κ2) is 4.09. The molecule has 0 spiro atoms. The first-order chi connectivity index (χ1) is 7.65. The van der Waals surface area contributed by atoms with Crippen LogP contribution in [0.4, 0.5) is 14.5 Å². The van der Waals surface area contributed by atoms with Crippen molar-refractivity contribution in [3.8, 4) is 0 Å². The minimum absolute atomic E-state index is 0.0370. The number of aromatic nitrogens is 2. The van der Waals surface area contributed by atoms with Gasteiger partial charge in [-0.1, -0.05) is 0 Å². The summed E-state index contributed by atoms with van der Waals surface area (Å²) in [6, 6.07) is 4.59. The van der Waals surface area contributed by atoms with Crippen molar-refractivity contribution in [2.45, 2.75) is 0 Å². The van der Waals surface area contributed by atoms with Crippen LogP contribution >= 0.6 is 0 Å². The van der Waals surface area contributed by atoms with Crippen molar-refractivity contribution >= 4 is 11.6 Å². The fourth-order valence-electron chi connectivity index (χ4n) is 1.19. The third kappa shape index (κ3) is 2.22. The molecule has 16 heavy (non-hydrogen) atoms.